The summed E-state index contributed by atoms with van der Waals surface area (Å²) in [6.07, 6.45) is 0. The van der Waals surface area contributed by atoms with E-state index in [4.69, 9.17) is 14.2 Å². The van der Waals surface area contributed by atoms with Gasteiger partial charge >= 0.3 is 18.0 Å². The summed E-state index contributed by atoms with van der Waals surface area (Å²) in [6.45, 7) is 4.00. The average molecular weight is 390 g/mol. The highest BCUT2D eigenvalue weighted by atomic mass is 16.5. The fraction of sp³-hybridized carbons (Fsp3) is 0.250. The van der Waals surface area contributed by atoms with Crippen LogP contribution in [0.25, 0.3) is 0 Å². The molecule has 2 aromatic carbocycles. The Morgan fingerprint density at radius 2 is 1.43 bits per heavy atom. The van der Waals surface area contributed by atoms with Crippen LogP contribution in [-0.4, -0.2) is 38.3 Å². The monoisotopic (exact) mass is 390 g/mol. The van der Waals surface area contributed by atoms with Gasteiger partial charge in [-0.15, -0.1) is 0 Å². The average Bonchev–Trinajstić information content (AvgIpc) is 2.69. The van der Waals surface area contributed by atoms with E-state index in [0.29, 0.717) is 28.3 Å². The van der Waals surface area contributed by atoms with Gasteiger partial charge in [0.2, 0.25) is 0 Å². The van der Waals surface area contributed by atoms with Crippen LogP contribution in [-0.2, 0) is 9.47 Å². The van der Waals surface area contributed by atoms with E-state index in [2.05, 4.69) is 10.6 Å². The summed E-state index contributed by atoms with van der Waals surface area (Å²) in [5, 5.41) is 5.30. The minimum Gasteiger partial charge on any atom is -0.495 e. The number of methoxy groups -OCH3 is 1. The highest BCUT2D eigenvalue weighted by Gasteiger charge is 2.13. The summed E-state index contributed by atoms with van der Waals surface area (Å²) in [5.41, 5.74) is 1.59. The van der Waals surface area contributed by atoms with E-state index in [9.17, 15) is 14.4 Å². The molecule has 0 saturated heterocycles. The van der Waals surface area contributed by atoms with Crippen LogP contribution in [0.5, 0.6) is 5.75 Å². The molecule has 8 nitrogen and oxygen atoms in total. The number of benzene rings is 2. The van der Waals surface area contributed by atoms with Gasteiger partial charge in [-0.2, -0.15) is 0 Å². The lowest BCUT2D eigenvalue weighted by atomic mass is 10.2. The summed E-state index contributed by atoms with van der Waals surface area (Å²) in [7, 11) is 1.43. The van der Waals surface area contributed by atoms with Crippen LogP contribution in [0.2, 0.25) is 0 Å². The van der Waals surface area contributed by atoms with E-state index >= 15 is 0 Å². The molecule has 0 aliphatic rings. The van der Waals surface area contributed by atoms with E-state index in [1.807, 2.05) is 0 Å². The molecule has 8 heteroatoms. The Labute approximate surface area is 165 Å². The maximum Gasteiger partial charge on any atom is 0.338 e. The van der Waals surface area contributed by atoms with Gasteiger partial charge in [0, 0.05) is 8.54 Å². The van der Waals surface area contributed by atoms with Crippen LogP contribution in [0, 0.1) is 0 Å². The zero-order chi connectivity index (χ0) is 20.5. The lowest BCUT2D eigenvalue weighted by molar-refractivity contribution is 0.0516. The summed E-state index contributed by atoms with van der Waals surface area (Å²) in [4.78, 5) is 35.7. The Kier molecular flexibility index (Phi) is 7.38. The number of rotatable bonds is 7. The third-order valence-corrected chi connectivity index (χ3v) is 3.61. The third kappa shape index (κ3) is 5.47. The van der Waals surface area contributed by atoms with Gasteiger partial charge < -0.3 is 24.8 Å². The smallest absolute Gasteiger partial charge is 0.338 e. The molecule has 2 rings (SSSR count). The first-order valence-electron chi connectivity index (χ1n) is 8.68. The Hall–Kier alpha value is -3.55. The quantitative estimate of drug-likeness (QED) is 0.687. The first kappa shape index (κ1) is 20.8. The van der Waals surface area contributed by atoms with Crippen molar-refractivity contribution in [2.45, 2.75) is 13.8 Å². The lowest BCUT2D eigenvalue weighted by Crippen LogP contribution is -2.20. The highest BCUT2D eigenvalue weighted by Crippen LogP contribution is 2.26. The first-order valence-corrected chi connectivity index (χ1v) is 8.68. The first-order chi connectivity index (χ1) is 13.5. The van der Waals surface area contributed by atoms with Crippen molar-refractivity contribution >= 4 is 29.3 Å². The molecule has 0 aliphatic carbocycles. The number of esters is 2. The Bertz CT molecular complexity index is 859. The fourth-order valence-electron chi connectivity index (χ4n) is 2.32. The molecule has 0 fully saturated rings. The fourth-order valence-corrected chi connectivity index (χ4v) is 2.32. The van der Waals surface area contributed by atoms with Crippen molar-refractivity contribution < 1.29 is 31.4 Å². The summed E-state index contributed by atoms with van der Waals surface area (Å²) in [6, 6.07) is 10.4. The largest absolute Gasteiger partial charge is 0.495 e. The van der Waals surface area contributed by atoms with Crippen molar-refractivity contribution in [2.24, 2.45) is 0 Å². The van der Waals surface area contributed by atoms with E-state index < -0.39 is 18.0 Å². The number of amides is 2. The van der Waals surface area contributed by atoms with Crippen LogP contribution in [0.1, 0.15) is 37.4 Å². The number of hydrogen-bond donors (Lipinski definition) is 2. The summed E-state index contributed by atoms with van der Waals surface area (Å²) >= 11 is 0. The molecule has 152 valence electrons. The van der Waals surface area contributed by atoms with Gasteiger partial charge in [0.1, 0.15) is 5.75 Å². The number of carbonyl (C=O) groups is 3. The van der Waals surface area contributed by atoms with E-state index in [1.165, 1.54) is 19.2 Å². The van der Waals surface area contributed by atoms with Crippen molar-refractivity contribution in [1.29, 1.82) is 0 Å². The van der Waals surface area contributed by atoms with Gasteiger partial charge in [0.05, 0.1) is 37.1 Å². The number of ether oxygens (including phenoxy) is 3. The number of nitrogens with one attached hydrogen (secondary N) is 2. The molecular formula is C20H26N2O6. The van der Waals surface area contributed by atoms with Gasteiger partial charge in [0.15, 0.2) is 0 Å². The number of carbonyl (C=O) groups excluding carboxylic acids is 3. The molecule has 0 unspecified atom stereocenters. The lowest BCUT2D eigenvalue weighted by Gasteiger charge is -2.12. The molecule has 28 heavy (non-hydrogen) atoms. The number of anilines is 2. The topological polar surface area (TPSA) is 103 Å². The molecule has 0 aliphatic heterocycles. The standard InChI is InChI=1S/C20H22N2O6.2H2/c1-4-27-18(23)13-6-9-15(10-7-13)21-20(25)22-16-11-8-14(12-17(16)26-3)19(24)28-5-2;;/h6-12H,4-5H2,1-3H3,(H2,21,22,25);2*1H. The summed E-state index contributed by atoms with van der Waals surface area (Å²) < 4.78 is 15.1. The Morgan fingerprint density at radius 1 is 0.857 bits per heavy atom. The maximum absolute atomic E-state index is 12.2. The maximum atomic E-state index is 12.2. The molecule has 2 aromatic rings. The Morgan fingerprint density at radius 3 is 2.00 bits per heavy atom. The van der Waals surface area contributed by atoms with Gasteiger partial charge in [0.25, 0.3) is 0 Å². The van der Waals surface area contributed by atoms with Gasteiger partial charge in [-0.25, -0.2) is 14.4 Å². The second-order valence-electron chi connectivity index (χ2n) is 5.51. The molecule has 0 heterocycles. The second-order valence-corrected chi connectivity index (χ2v) is 5.51. The van der Waals surface area contributed by atoms with Crippen molar-refractivity contribution in [1.82, 2.24) is 0 Å². The molecule has 2 amide bonds. The second kappa shape index (κ2) is 9.96. The van der Waals surface area contributed by atoms with Crippen molar-refractivity contribution in [2.75, 3.05) is 31.0 Å². The van der Waals surface area contributed by atoms with Crippen molar-refractivity contribution in [3.8, 4) is 5.75 Å². The zero-order valence-corrected chi connectivity index (χ0v) is 15.9. The molecule has 0 radical (unpaired) electrons. The minimum atomic E-state index is -0.508. The van der Waals surface area contributed by atoms with Gasteiger partial charge in [-0.05, 0) is 56.3 Å². The van der Waals surface area contributed by atoms with Crippen LogP contribution in [0.3, 0.4) is 0 Å². The van der Waals surface area contributed by atoms with E-state index in [-0.39, 0.29) is 16.1 Å². The molecule has 0 atom stereocenters. The molecule has 0 bridgehead atoms. The Balaban J connectivity index is 0.00000420. The van der Waals surface area contributed by atoms with Gasteiger partial charge in [-0.3, -0.25) is 0 Å². The zero-order valence-electron chi connectivity index (χ0n) is 15.9. The van der Waals surface area contributed by atoms with E-state index in [1.54, 1.807) is 44.2 Å². The molecule has 2 N–H and O–H groups in total. The third-order valence-electron chi connectivity index (χ3n) is 3.61. The van der Waals surface area contributed by atoms with Crippen molar-refractivity contribution in [3.63, 3.8) is 0 Å². The molecule has 0 spiro atoms. The van der Waals surface area contributed by atoms with Gasteiger partial charge in [-0.1, -0.05) is 0 Å². The number of hydrogen-bond acceptors (Lipinski definition) is 6. The van der Waals surface area contributed by atoms with E-state index in [0.717, 1.165) is 0 Å². The van der Waals surface area contributed by atoms with Crippen LogP contribution >= 0.6 is 0 Å². The van der Waals surface area contributed by atoms with Crippen LogP contribution in [0.15, 0.2) is 42.5 Å². The van der Waals surface area contributed by atoms with Crippen LogP contribution < -0.4 is 15.4 Å². The minimum absolute atomic E-state index is 0. The summed E-state index contributed by atoms with van der Waals surface area (Å²) in [5.74, 6) is -0.582. The molecule has 0 saturated carbocycles. The normalized spacial score (nSPS) is 9.96. The molecular weight excluding hydrogens is 364 g/mol. The molecule has 0 aromatic heterocycles. The van der Waals surface area contributed by atoms with Crippen molar-refractivity contribution in [3.05, 3.63) is 53.6 Å². The predicted molar refractivity (Wildman–Crippen MR) is 108 cm³/mol. The SMILES string of the molecule is CCOC(=O)c1ccc(NC(=O)Nc2ccc(C(=O)OCC)cc2OC)cc1.[HH].[HH]. The van der Waals surface area contributed by atoms with Crippen LogP contribution in [0.4, 0.5) is 16.2 Å². The predicted octanol–water partition coefficient (Wildman–Crippen LogP) is 4.18. The number of urea groups is 1. The highest BCUT2D eigenvalue weighted by molar-refractivity contribution is 6.01.